The minimum absolute atomic E-state index is 0.611. The summed E-state index contributed by atoms with van der Waals surface area (Å²) in [5, 5.41) is 3.68. The molecule has 19 heavy (non-hydrogen) atoms. The molecule has 1 aromatic rings. The van der Waals surface area contributed by atoms with Crippen molar-refractivity contribution in [1.29, 1.82) is 0 Å². The van der Waals surface area contributed by atoms with Crippen molar-refractivity contribution >= 4 is 5.69 Å². The molecule has 1 unspecified atom stereocenters. The van der Waals surface area contributed by atoms with Crippen LogP contribution in [0.25, 0.3) is 0 Å². The molecule has 0 radical (unpaired) electrons. The first kappa shape index (κ1) is 13.0. The molecule has 0 bridgehead atoms. The highest BCUT2D eigenvalue weighted by Gasteiger charge is 2.27. The highest BCUT2D eigenvalue weighted by Crippen LogP contribution is 2.31. The zero-order valence-electron chi connectivity index (χ0n) is 12.2. The molecule has 104 valence electrons. The van der Waals surface area contributed by atoms with Gasteiger partial charge >= 0.3 is 0 Å². The molecule has 2 fully saturated rings. The second kappa shape index (κ2) is 5.54. The van der Waals surface area contributed by atoms with Crippen LogP contribution in [0, 0.1) is 5.92 Å². The van der Waals surface area contributed by atoms with Gasteiger partial charge in [-0.05, 0) is 49.3 Å². The van der Waals surface area contributed by atoms with E-state index in [1.807, 2.05) is 0 Å². The van der Waals surface area contributed by atoms with E-state index in [4.69, 9.17) is 0 Å². The molecule has 1 aliphatic heterocycles. The van der Waals surface area contributed by atoms with Crippen LogP contribution in [0.1, 0.15) is 44.6 Å². The third kappa shape index (κ3) is 3.11. The molecule has 2 aliphatic rings. The Kier molecular flexibility index (Phi) is 3.79. The Balaban J connectivity index is 1.63. The average molecular weight is 258 g/mol. The minimum atomic E-state index is 0.611. The van der Waals surface area contributed by atoms with Gasteiger partial charge in [-0.25, -0.2) is 0 Å². The Bertz CT molecular complexity index is 423. The predicted molar refractivity (Wildman–Crippen MR) is 81.9 cm³/mol. The van der Waals surface area contributed by atoms with Crippen LogP contribution in [0.2, 0.25) is 0 Å². The zero-order chi connectivity index (χ0) is 13.2. The lowest BCUT2D eigenvalue weighted by atomic mass is 10.0. The van der Waals surface area contributed by atoms with E-state index in [0.717, 1.165) is 12.0 Å². The maximum absolute atomic E-state index is 3.68. The maximum Gasteiger partial charge on any atom is 0.0401 e. The zero-order valence-corrected chi connectivity index (χ0v) is 12.2. The van der Waals surface area contributed by atoms with Crippen LogP contribution in [0.5, 0.6) is 0 Å². The molecule has 1 N–H and O–H groups in total. The first-order valence-corrected chi connectivity index (χ1v) is 7.81. The van der Waals surface area contributed by atoms with Crippen LogP contribution in [0.4, 0.5) is 5.69 Å². The summed E-state index contributed by atoms with van der Waals surface area (Å²) < 4.78 is 0. The minimum Gasteiger partial charge on any atom is -0.371 e. The van der Waals surface area contributed by atoms with E-state index in [1.165, 1.54) is 50.1 Å². The van der Waals surface area contributed by atoms with Gasteiger partial charge in [0.25, 0.3) is 0 Å². The number of anilines is 1. The predicted octanol–water partition coefficient (Wildman–Crippen LogP) is 3.39. The van der Waals surface area contributed by atoms with Crippen LogP contribution in [0.15, 0.2) is 24.3 Å². The maximum atomic E-state index is 3.68. The van der Waals surface area contributed by atoms with Gasteiger partial charge in [-0.15, -0.1) is 0 Å². The molecule has 0 aromatic heterocycles. The number of hydrogen-bond donors (Lipinski definition) is 1. The summed E-state index contributed by atoms with van der Waals surface area (Å²) in [4.78, 5) is 2.59. The van der Waals surface area contributed by atoms with Gasteiger partial charge in [0.1, 0.15) is 0 Å². The summed E-state index contributed by atoms with van der Waals surface area (Å²) in [7, 11) is 0. The lowest BCUT2D eigenvalue weighted by molar-refractivity contribution is 0.515. The van der Waals surface area contributed by atoms with Crippen molar-refractivity contribution in [3.8, 4) is 0 Å². The van der Waals surface area contributed by atoms with Crippen molar-refractivity contribution in [2.45, 2.75) is 45.1 Å². The molecule has 1 aromatic carbocycles. The fraction of sp³-hybridized carbons (Fsp3) is 0.647. The van der Waals surface area contributed by atoms with Gasteiger partial charge in [0.2, 0.25) is 0 Å². The van der Waals surface area contributed by atoms with Gasteiger partial charge in [-0.2, -0.15) is 0 Å². The summed E-state index contributed by atoms with van der Waals surface area (Å²) >= 11 is 0. The molecule has 1 saturated carbocycles. The first-order valence-electron chi connectivity index (χ1n) is 7.81. The van der Waals surface area contributed by atoms with Crippen molar-refractivity contribution in [1.82, 2.24) is 5.32 Å². The molecule has 2 heteroatoms. The molecule has 0 amide bonds. The molecule has 1 saturated heterocycles. The Labute approximate surface area is 117 Å². The number of hydrogen-bond acceptors (Lipinski definition) is 2. The molecule has 0 spiro atoms. The van der Waals surface area contributed by atoms with Crippen LogP contribution >= 0.6 is 0 Å². The highest BCUT2D eigenvalue weighted by molar-refractivity contribution is 5.55. The van der Waals surface area contributed by atoms with E-state index in [9.17, 15) is 0 Å². The highest BCUT2D eigenvalue weighted by atomic mass is 15.2. The van der Waals surface area contributed by atoms with E-state index < -0.39 is 0 Å². The quantitative estimate of drug-likeness (QED) is 0.871. The van der Waals surface area contributed by atoms with Gasteiger partial charge in [0.15, 0.2) is 0 Å². The Morgan fingerprint density at radius 3 is 2.74 bits per heavy atom. The van der Waals surface area contributed by atoms with E-state index in [1.54, 1.807) is 0 Å². The van der Waals surface area contributed by atoms with E-state index in [-0.39, 0.29) is 0 Å². The molecule has 2 nitrogen and oxygen atoms in total. The first-order chi connectivity index (χ1) is 9.24. The van der Waals surface area contributed by atoms with Gasteiger partial charge in [0, 0.05) is 24.8 Å². The van der Waals surface area contributed by atoms with Gasteiger partial charge in [0.05, 0.1) is 0 Å². The third-order valence-corrected chi connectivity index (χ3v) is 4.46. The van der Waals surface area contributed by atoms with Crippen molar-refractivity contribution in [3.63, 3.8) is 0 Å². The molecule has 1 atom stereocenters. The summed E-state index contributed by atoms with van der Waals surface area (Å²) in [5.74, 6) is 1.45. The number of nitrogens with one attached hydrogen (secondary N) is 1. The summed E-state index contributed by atoms with van der Waals surface area (Å²) in [6.07, 6.45) is 4.13. The molecule has 1 heterocycles. The summed E-state index contributed by atoms with van der Waals surface area (Å²) in [6, 6.07) is 9.77. The lowest BCUT2D eigenvalue weighted by Crippen LogP contribution is -2.28. The smallest absolute Gasteiger partial charge is 0.0401 e. The fourth-order valence-corrected chi connectivity index (χ4v) is 3.10. The summed E-state index contributed by atoms with van der Waals surface area (Å²) in [6.45, 7) is 8.25. The van der Waals surface area contributed by atoms with Crippen molar-refractivity contribution < 1.29 is 0 Å². The molecular formula is C17H26N2. The largest absolute Gasteiger partial charge is 0.371 e. The van der Waals surface area contributed by atoms with Crippen LogP contribution in [0.3, 0.4) is 0 Å². The summed E-state index contributed by atoms with van der Waals surface area (Å²) in [5.41, 5.74) is 2.96. The van der Waals surface area contributed by atoms with Gasteiger partial charge in [-0.1, -0.05) is 32.0 Å². The van der Waals surface area contributed by atoms with Crippen molar-refractivity contribution in [2.24, 2.45) is 5.92 Å². The van der Waals surface area contributed by atoms with E-state index in [0.29, 0.717) is 5.92 Å². The van der Waals surface area contributed by atoms with E-state index >= 15 is 0 Å². The molecule has 1 aliphatic carbocycles. The van der Waals surface area contributed by atoms with Crippen LogP contribution in [-0.4, -0.2) is 25.7 Å². The average Bonchev–Trinajstić information content (AvgIpc) is 3.13. The second-order valence-corrected chi connectivity index (χ2v) is 6.50. The SMILES string of the molecule is CC(C)c1ccccc1N1CCC(CNC2CC2)C1. The second-order valence-electron chi connectivity index (χ2n) is 6.50. The van der Waals surface area contributed by atoms with Crippen molar-refractivity contribution in [2.75, 3.05) is 24.5 Å². The Hall–Kier alpha value is -1.02. The fourth-order valence-electron chi connectivity index (χ4n) is 3.10. The third-order valence-electron chi connectivity index (χ3n) is 4.46. The number of rotatable bonds is 5. The lowest BCUT2D eigenvalue weighted by Gasteiger charge is -2.23. The van der Waals surface area contributed by atoms with Crippen LogP contribution in [-0.2, 0) is 0 Å². The molecule has 3 rings (SSSR count). The van der Waals surface area contributed by atoms with E-state index in [2.05, 4.69) is 48.3 Å². The molecular weight excluding hydrogens is 232 g/mol. The van der Waals surface area contributed by atoms with Gasteiger partial charge < -0.3 is 10.2 Å². The standard InChI is InChI=1S/C17H26N2/c1-13(2)16-5-3-4-6-17(16)19-10-9-14(12-19)11-18-15-7-8-15/h3-6,13-15,18H,7-12H2,1-2H3. The monoisotopic (exact) mass is 258 g/mol. The topological polar surface area (TPSA) is 15.3 Å². The Morgan fingerprint density at radius 2 is 2.00 bits per heavy atom. The Morgan fingerprint density at radius 1 is 1.21 bits per heavy atom. The van der Waals surface area contributed by atoms with Crippen LogP contribution < -0.4 is 10.2 Å². The number of para-hydroxylation sites is 1. The van der Waals surface area contributed by atoms with Gasteiger partial charge in [-0.3, -0.25) is 0 Å². The number of nitrogens with zero attached hydrogens (tertiary/aromatic N) is 1. The van der Waals surface area contributed by atoms with Crippen molar-refractivity contribution in [3.05, 3.63) is 29.8 Å². The normalized spacial score (nSPS) is 23.3. The number of benzene rings is 1.